The molecule has 10 heteroatoms. The molecule has 1 fully saturated rings. The Morgan fingerprint density at radius 1 is 1.00 bits per heavy atom. The lowest BCUT2D eigenvalue weighted by Gasteiger charge is -2.26. The van der Waals surface area contributed by atoms with Crippen molar-refractivity contribution < 1.29 is 28.7 Å². The van der Waals surface area contributed by atoms with Gasteiger partial charge in [0.2, 0.25) is 0 Å². The number of hydrogen-bond acceptors (Lipinski definition) is 5. The Balaban J connectivity index is 1.67. The first-order valence-corrected chi connectivity index (χ1v) is 9.80. The molecule has 2 N–H and O–H groups in total. The number of nitrogens with one attached hydrogen (secondary N) is 1. The molecule has 3 aromatic rings. The number of barbiturate groups is 1. The summed E-state index contributed by atoms with van der Waals surface area (Å²) in [4.78, 5) is 49.5. The van der Waals surface area contributed by atoms with Gasteiger partial charge in [-0.25, -0.2) is 14.5 Å². The number of halogens is 2. The monoisotopic (exact) mass is 470 g/mol. The highest BCUT2D eigenvalue weighted by Gasteiger charge is 2.37. The second-order valence-corrected chi connectivity index (χ2v) is 7.48. The molecular weight excluding hydrogens is 459 g/mol. The third-order valence-corrected chi connectivity index (χ3v) is 5.16. The fourth-order valence-electron chi connectivity index (χ4n) is 3.05. The molecule has 1 aliphatic rings. The van der Waals surface area contributed by atoms with E-state index in [2.05, 4.69) is 5.32 Å². The smallest absolute Gasteiger partial charge is 0.337 e. The van der Waals surface area contributed by atoms with Gasteiger partial charge in [0.05, 0.1) is 16.3 Å². The summed E-state index contributed by atoms with van der Waals surface area (Å²) in [6.07, 6.45) is 1.20. The highest BCUT2D eigenvalue weighted by Crippen LogP contribution is 2.29. The van der Waals surface area contributed by atoms with Crippen LogP contribution in [0.5, 0.6) is 0 Å². The van der Waals surface area contributed by atoms with E-state index in [4.69, 9.17) is 27.6 Å². The number of carboxylic acids is 1. The molecule has 1 saturated heterocycles. The molecule has 4 amide bonds. The first kappa shape index (κ1) is 21.4. The first-order valence-electron chi connectivity index (χ1n) is 9.04. The molecular formula is C22H12Cl2N2O6. The van der Waals surface area contributed by atoms with Crippen LogP contribution in [0.2, 0.25) is 10.0 Å². The minimum atomic E-state index is -1.19. The van der Waals surface area contributed by atoms with Crippen LogP contribution in [-0.2, 0) is 9.59 Å². The van der Waals surface area contributed by atoms with Crippen LogP contribution in [0.3, 0.4) is 0 Å². The van der Waals surface area contributed by atoms with Gasteiger partial charge in [0.15, 0.2) is 0 Å². The second-order valence-electron chi connectivity index (χ2n) is 6.64. The number of anilines is 1. The number of nitrogens with zero attached hydrogens (tertiary/aromatic N) is 1. The molecule has 160 valence electrons. The minimum Gasteiger partial charge on any atom is -0.478 e. The molecule has 0 bridgehead atoms. The summed E-state index contributed by atoms with van der Waals surface area (Å²) in [5.41, 5.74) is 0.258. The molecule has 2 heterocycles. The zero-order valence-corrected chi connectivity index (χ0v) is 17.5. The third-order valence-electron chi connectivity index (χ3n) is 4.58. The minimum absolute atomic E-state index is 0.0755. The Morgan fingerprint density at radius 2 is 1.72 bits per heavy atom. The number of carbonyl (C=O) groups is 4. The maximum absolute atomic E-state index is 12.9. The van der Waals surface area contributed by atoms with Crippen LogP contribution in [0, 0.1) is 0 Å². The fraction of sp³-hybridized carbons (Fsp3) is 0. The molecule has 0 saturated carbocycles. The lowest BCUT2D eigenvalue weighted by molar-refractivity contribution is -0.122. The van der Waals surface area contributed by atoms with E-state index < -0.39 is 23.8 Å². The van der Waals surface area contributed by atoms with Gasteiger partial charge in [0, 0.05) is 10.6 Å². The van der Waals surface area contributed by atoms with E-state index >= 15 is 0 Å². The maximum atomic E-state index is 12.9. The first-order chi connectivity index (χ1) is 15.2. The van der Waals surface area contributed by atoms with Gasteiger partial charge >= 0.3 is 12.0 Å². The lowest BCUT2D eigenvalue weighted by atomic mass is 10.1. The SMILES string of the molecule is O=C1NC(=O)N(c2ccc(Cl)cc2)C(=O)C1=Cc1ccc(-c2ccc(Cl)c(C(=O)O)c2)o1. The Hall–Kier alpha value is -3.88. The third kappa shape index (κ3) is 4.01. The molecule has 0 radical (unpaired) electrons. The fourth-order valence-corrected chi connectivity index (χ4v) is 3.38. The Morgan fingerprint density at radius 3 is 2.41 bits per heavy atom. The van der Waals surface area contributed by atoms with Crippen molar-refractivity contribution in [3.05, 3.63) is 81.5 Å². The number of benzene rings is 2. The highest BCUT2D eigenvalue weighted by atomic mass is 35.5. The summed E-state index contributed by atoms with van der Waals surface area (Å²) in [6, 6.07) is 12.5. The van der Waals surface area contributed by atoms with Crippen molar-refractivity contribution in [2.45, 2.75) is 0 Å². The Bertz CT molecular complexity index is 1310. The Labute approximate surface area is 190 Å². The van der Waals surface area contributed by atoms with Gasteiger partial charge in [0.1, 0.15) is 17.1 Å². The summed E-state index contributed by atoms with van der Waals surface area (Å²) >= 11 is 11.7. The summed E-state index contributed by atoms with van der Waals surface area (Å²) in [5.74, 6) is -2.45. The van der Waals surface area contributed by atoms with E-state index in [1.54, 1.807) is 12.1 Å². The van der Waals surface area contributed by atoms with Crippen molar-refractivity contribution in [3.8, 4) is 11.3 Å². The number of hydrogen-bond donors (Lipinski definition) is 2. The van der Waals surface area contributed by atoms with E-state index in [0.717, 1.165) is 4.90 Å². The number of carbonyl (C=O) groups excluding carboxylic acids is 3. The van der Waals surface area contributed by atoms with Gasteiger partial charge in [-0.05, 0) is 60.7 Å². The van der Waals surface area contributed by atoms with Crippen LogP contribution >= 0.6 is 23.2 Å². The van der Waals surface area contributed by atoms with Crippen LogP contribution in [0.25, 0.3) is 17.4 Å². The average Bonchev–Trinajstić information content (AvgIpc) is 3.21. The molecule has 1 aliphatic heterocycles. The normalized spacial score (nSPS) is 15.2. The van der Waals surface area contributed by atoms with Crippen molar-refractivity contribution in [3.63, 3.8) is 0 Å². The van der Waals surface area contributed by atoms with Crippen LogP contribution in [0.4, 0.5) is 10.5 Å². The van der Waals surface area contributed by atoms with Crippen LogP contribution < -0.4 is 10.2 Å². The number of furan rings is 1. The standard InChI is InChI=1S/C22H12Cl2N2O6/c23-12-2-4-13(5-3-12)26-20(28)16(19(27)25-22(26)31)10-14-6-8-18(32-14)11-1-7-17(24)15(9-11)21(29)30/h1-10H,(H,29,30)(H,25,27,31). The van der Waals surface area contributed by atoms with Crippen molar-refractivity contribution in [1.82, 2.24) is 5.32 Å². The van der Waals surface area contributed by atoms with Crippen molar-refractivity contribution in [2.24, 2.45) is 0 Å². The number of aromatic carboxylic acids is 1. The lowest BCUT2D eigenvalue weighted by Crippen LogP contribution is -2.54. The quantitative estimate of drug-likeness (QED) is 0.424. The predicted octanol–water partition coefficient (Wildman–Crippen LogP) is 4.62. The summed E-state index contributed by atoms with van der Waals surface area (Å²) in [6.45, 7) is 0. The van der Waals surface area contributed by atoms with E-state index in [-0.39, 0.29) is 27.6 Å². The number of urea groups is 1. The number of rotatable bonds is 4. The van der Waals surface area contributed by atoms with Gasteiger partial charge in [-0.1, -0.05) is 23.2 Å². The topological polar surface area (TPSA) is 117 Å². The van der Waals surface area contributed by atoms with Crippen LogP contribution in [0.1, 0.15) is 16.1 Å². The Kier molecular flexibility index (Phi) is 5.56. The molecule has 1 aromatic heterocycles. The highest BCUT2D eigenvalue weighted by molar-refractivity contribution is 6.39. The predicted molar refractivity (Wildman–Crippen MR) is 117 cm³/mol. The number of amides is 4. The van der Waals surface area contributed by atoms with Gasteiger partial charge in [-0.3, -0.25) is 14.9 Å². The largest absolute Gasteiger partial charge is 0.478 e. The van der Waals surface area contributed by atoms with Gasteiger partial charge < -0.3 is 9.52 Å². The molecule has 0 spiro atoms. The second kappa shape index (κ2) is 8.33. The number of carboxylic acid groups (broad SMARTS) is 1. The zero-order valence-electron chi connectivity index (χ0n) is 16.0. The molecule has 0 unspecified atom stereocenters. The van der Waals surface area contributed by atoms with E-state index in [1.807, 2.05) is 0 Å². The average molecular weight is 471 g/mol. The van der Waals surface area contributed by atoms with Gasteiger partial charge in [0.25, 0.3) is 11.8 Å². The van der Waals surface area contributed by atoms with Gasteiger partial charge in [-0.2, -0.15) is 0 Å². The number of imide groups is 2. The molecule has 32 heavy (non-hydrogen) atoms. The van der Waals surface area contributed by atoms with E-state index in [9.17, 15) is 24.3 Å². The summed E-state index contributed by atoms with van der Waals surface area (Å²) in [7, 11) is 0. The van der Waals surface area contributed by atoms with Crippen molar-refractivity contribution in [2.75, 3.05) is 4.90 Å². The van der Waals surface area contributed by atoms with Crippen LogP contribution in [0.15, 0.2) is 64.6 Å². The van der Waals surface area contributed by atoms with Crippen molar-refractivity contribution >= 4 is 58.8 Å². The van der Waals surface area contributed by atoms with Crippen molar-refractivity contribution in [1.29, 1.82) is 0 Å². The van der Waals surface area contributed by atoms with E-state index in [0.29, 0.717) is 16.3 Å². The molecule has 0 atom stereocenters. The van der Waals surface area contributed by atoms with Crippen LogP contribution in [-0.4, -0.2) is 28.9 Å². The van der Waals surface area contributed by atoms with E-state index in [1.165, 1.54) is 48.5 Å². The molecule has 2 aromatic carbocycles. The molecule has 4 rings (SSSR count). The zero-order chi connectivity index (χ0) is 23.0. The van der Waals surface area contributed by atoms with Gasteiger partial charge in [-0.15, -0.1) is 0 Å². The molecule has 0 aliphatic carbocycles. The summed E-state index contributed by atoms with van der Waals surface area (Å²) in [5, 5.41) is 11.8. The summed E-state index contributed by atoms with van der Waals surface area (Å²) < 4.78 is 5.66. The maximum Gasteiger partial charge on any atom is 0.337 e. The molecule has 8 nitrogen and oxygen atoms in total.